The number of hydrogen-bond acceptors (Lipinski definition) is 1. The molecule has 1 aromatic carbocycles. The van der Waals surface area contributed by atoms with Gasteiger partial charge in [-0.1, -0.05) is 36.2 Å². The van der Waals surface area contributed by atoms with Gasteiger partial charge in [0.2, 0.25) is 0 Å². The first-order valence-corrected chi connectivity index (χ1v) is 4.99. The van der Waals surface area contributed by atoms with E-state index in [-0.39, 0.29) is 5.25 Å². The van der Waals surface area contributed by atoms with Crippen molar-refractivity contribution in [2.24, 2.45) is 0 Å². The highest BCUT2D eigenvalue weighted by molar-refractivity contribution is 7.80. The molecule has 0 nitrogen and oxygen atoms in total. The van der Waals surface area contributed by atoms with E-state index >= 15 is 0 Å². The quantitative estimate of drug-likeness (QED) is 0.720. The highest BCUT2D eigenvalue weighted by Crippen LogP contribution is 2.26. The van der Waals surface area contributed by atoms with Gasteiger partial charge in [-0.3, -0.25) is 0 Å². The smallest absolute Gasteiger partial charge is 0.0453 e. The largest absolute Gasteiger partial charge is 0.176 e. The predicted octanol–water partition coefficient (Wildman–Crippen LogP) is 3.85. The maximum atomic E-state index is 5.96. The van der Waals surface area contributed by atoms with Crippen LogP contribution >= 0.6 is 35.8 Å². The lowest BCUT2D eigenvalue weighted by molar-refractivity contribution is 0.951. The Morgan fingerprint density at radius 3 is 2.25 bits per heavy atom. The van der Waals surface area contributed by atoms with Crippen LogP contribution in [0.15, 0.2) is 18.2 Å². The van der Waals surface area contributed by atoms with Crippen molar-refractivity contribution in [3.8, 4) is 0 Å². The number of benzene rings is 1. The van der Waals surface area contributed by atoms with Crippen LogP contribution in [0.3, 0.4) is 0 Å². The van der Waals surface area contributed by atoms with E-state index in [1.54, 1.807) is 0 Å². The summed E-state index contributed by atoms with van der Waals surface area (Å²) in [5.74, 6) is 0. The van der Waals surface area contributed by atoms with E-state index in [2.05, 4.69) is 12.6 Å². The molecule has 0 fully saturated rings. The molecule has 0 radical (unpaired) electrons. The molecule has 0 aliphatic rings. The normalized spacial score (nSPS) is 13.0. The average molecular weight is 221 g/mol. The monoisotopic (exact) mass is 220 g/mol. The van der Waals surface area contributed by atoms with E-state index in [9.17, 15) is 0 Å². The van der Waals surface area contributed by atoms with Crippen LogP contribution in [0.25, 0.3) is 0 Å². The molecule has 0 saturated carbocycles. The van der Waals surface area contributed by atoms with Gasteiger partial charge in [0.25, 0.3) is 0 Å². The maximum absolute atomic E-state index is 5.96. The van der Waals surface area contributed by atoms with E-state index in [1.807, 2.05) is 25.1 Å². The van der Waals surface area contributed by atoms with Crippen LogP contribution in [0.4, 0.5) is 0 Å². The van der Waals surface area contributed by atoms with E-state index in [4.69, 9.17) is 23.2 Å². The first-order chi connectivity index (χ1) is 5.61. The number of rotatable bonds is 2. The van der Waals surface area contributed by atoms with Crippen LogP contribution in [-0.2, 0) is 6.42 Å². The second-order valence-corrected chi connectivity index (χ2v) is 4.45. The fourth-order valence-corrected chi connectivity index (χ4v) is 1.76. The number of thiol groups is 1. The van der Waals surface area contributed by atoms with E-state index in [0.29, 0.717) is 0 Å². The van der Waals surface area contributed by atoms with Gasteiger partial charge < -0.3 is 0 Å². The average Bonchev–Trinajstić information content (AvgIpc) is 1.97. The zero-order chi connectivity index (χ0) is 9.14. The fourth-order valence-electron chi connectivity index (χ4n) is 1.02. The molecule has 1 unspecified atom stereocenters. The molecule has 1 aromatic rings. The Morgan fingerprint density at radius 2 is 1.83 bits per heavy atom. The lowest BCUT2D eigenvalue weighted by Crippen LogP contribution is -1.98. The summed E-state index contributed by atoms with van der Waals surface area (Å²) in [5.41, 5.74) is 0.989. The van der Waals surface area contributed by atoms with Gasteiger partial charge in [-0.15, -0.1) is 0 Å². The van der Waals surface area contributed by atoms with Gasteiger partial charge in [-0.05, 0) is 24.1 Å². The van der Waals surface area contributed by atoms with E-state index in [0.717, 1.165) is 22.0 Å². The van der Waals surface area contributed by atoms with Crippen molar-refractivity contribution in [1.82, 2.24) is 0 Å². The molecule has 0 amide bonds. The van der Waals surface area contributed by atoms with E-state index in [1.165, 1.54) is 0 Å². The van der Waals surface area contributed by atoms with Crippen molar-refractivity contribution in [1.29, 1.82) is 0 Å². The molecular formula is C9H10Cl2S. The first kappa shape index (κ1) is 10.2. The molecule has 12 heavy (non-hydrogen) atoms. The first-order valence-electron chi connectivity index (χ1n) is 3.72. The van der Waals surface area contributed by atoms with Crippen molar-refractivity contribution in [2.45, 2.75) is 18.6 Å². The zero-order valence-corrected chi connectivity index (χ0v) is 9.13. The summed E-state index contributed by atoms with van der Waals surface area (Å²) >= 11 is 16.2. The Bertz CT molecular complexity index is 251. The summed E-state index contributed by atoms with van der Waals surface area (Å²) in [6.07, 6.45) is 0.807. The van der Waals surface area contributed by atoms with Crippen molar-refractivity contribution >= 4 is 35.8 Å². The molecule has 66 valence electrons. The Kier molecular flexibility index (Phi) is 3.76. The van der Waals surface area contributed by atoms with Crippen molar-refractivity contribution in [3.63, 3.8) is 0 Å². The molecule has 0 aromatic heterocycles. The lowest BCUT2D eigenvalue weighted by Gasteiger charge is -2.08. The molecule has 0 aliphatic carbocycles. The van der Waals surface area contributed by atoms with Crippen molar-refractivity contribution in [3.05, 3.63) is 33.8 Å². The fraction of sp³-hybridized carbons (Fsp3) is 0.333. The summed E-state index contributed by atoms with van der Waals surface area (Å²) in [4.78, 5) is 0. The van der Waals surface area contributed by atoms with Crippen LogP contribution in [0.1, 0.15) is 12.5 Å². The molecule has 1 atom stereocenters. The summed E-state index contributed by atoms with van der Waals surface area (Å²) < 4.78 is 0. The maximum Gasteiger partial charge on any atom is 0.0453 e. The van der Waals surface area contributed by atoms with Gasteiger partial charge >= 0.3 is 0 Å². The van der Waals surface area contributed by atoms with Gasteiger partial charge in [-0.2, -0.15) is 12.6 Å². The highest BCUT2D eigenvalue weighted by atomic mass is 35.5. The second kappa shape index (κ2) is 4.40. The molecule has 1 rings (SSSR count). The van der Waals surface area contributed by atoms with Gasteiger partial charge in [-0.25, -0.2) is 0 Å². The summed E-state index contributed by atoms with van der Waals surface area (Å²) in [6, 6.07) is 5.54. The third kappa shape index (κ3) is 2.58. The van der Waals surface area contributed by atoms with Crippen molar-refractivity contribution in [2.75, 3.05) is 0 Å². The Labute approximate surface area is 88.3 Å². The van der Waals surface area contributed by atoms with Crippen LogP contribution in [0.5, 0.6) is 0 Å². The number of hydrogen-bond donors (Lipinski definition) is 1. The SMILES string of the molecule is CC(S)Cc1c(Cl)cccc1Cl. The summed E-state index contributed by atoms with van der Waals surface area (Å²) in [6.45, 7) is 2.02. The van der Waals surface area contributed by atoms with Gasteiger partial charge in [0, 0.05) is 15.3 Å². The Hall–Kier alpha value is 0.150. The molecule has 0 spiro atoms. The molecule has 0 N–H and O–H groups in total. The van der Waals surface area contributed by atoms with Crippen molar-refractivity contribution < 1.29 is 0 Å². The standard InChI is InChI=1S/C9H10Cl2S/c1-6(12)5-7-8(10)3-2-4-9(7)11/h2-4,6,12H,5H2,1H3. The third-order valence-corrected chi connectivity index (χ3v) is 2.45. The van der Waals surface area contributed by atoms with Crippen LogP contribution < -0.4 is 0 Å². The summed E-state index contributed by atoms with van der Waals surface area (Å²) in [7, 11) is 0. The minimum absolute atomic E-state index is 0.280. The molecule has 0 saturated heterocycles. The Morgan fingerprint density at radius 1 is 1.33 bits per heavy atom. The van der Waals surface area contributed by atoms with Crippen LogP contribution in [0.2, 0.25) is 10.0 Å². The zero-order valence-electron chi connectivity index (χ0n) is 6.72. The molecule has 0 aliphatic heterocycles. The molecular weight excluding hydrogens is 211 g/mol. The molecule has 0 bridgehead atoms. The van der Waals surface area contributed by atoms with Gasteiger partial charge in [0.05, 0.1) is 0 Å². The third-order valence-electron chi connectivity index (χ3n) is 1.56. The van der Waals surface area contributed by atoms with Gasteiger partial charge in [0.15, 0.2) is 0 Å². The lowest BCUT2D eigenvalue weighted by atomic mass is 10.1. The molecule has 0 heterocycles. The number of halogens is 2. The minimum Gasteiger partial charge on any atom is -0.176 e. The highest BCUT2D eigenvalue weighted by Gasteiger charge is 2.06. The second-order valence-electron chi connectivity index (χ2n) is 2.75. The summed E-state index contributed by atoms with van der Waals surface area (Å²) in [5, 5.41) is 1.73. The topological polar surface area (TPSA) is 0 Å². The Balaban J connectivity index is 2.96. The van der Waals surface area contributed by atoms with Crippen LogP contribution in [0, 0.1) is 0 Å². The van der Waals surface area contributed by atoms with E-state index < -0.39 is 0 Å². The predicted molar refractivity (Wildman–Crippen MR) is 58.6 cm³/mol. The van der Waals surface area contributed by atoms with Crippen LogP contribution in [-0.4, -0.2) is 5.25 Å². The van der Waals surface area contributed by atoms with Gasteiger partial charge in [0.1, 0.15) is 0 Å². The minimum atomic E-state index is 0.280. The molecule has 3 heteroatoms.